The number of nitrogens with one attached hydrogen (secondary N) is 1. The highest BCUT2D eigenvalue weighted by Gasteiger charge is 2.23. The van der Waals surface area contributed by atoms with Crippen LogP contribution in [0.4, 0.5) is 0 Å². The Kier molecular flexibility index (Phi) is 4.14. The minimum Gasteiger partial charge on any atom is -0.378 e. The number of aryl methyl sites for hydroxylation is 1. The number of para-hydroxylation sites is 1. The third kappa shape index (κ3) is 3.16. The van der Waals surface area contributed by atoms with Crippen LogP contribution in [0.25, 0.3) is 20.8 Å². The van der Waals surface area contributed by atoms with Gasteiger partial charge in [-0.15, -0.1) is 11.3 Å². The molecule has 6 nitrogen and oxygen atoms in total. The zero-order chi connectivity index (χ0) is 18.3. The first-order valence-electron chi connectivity index (χ1n) is 7.52. The van der Waals surface area contributed by atoms with Crippen LogP contribution in [0.1, 0.15) is 5.69 Å². The molecule has 0 aliphatic rings. The summed E-state index contributed by atoms with van der Waals surface area (Å²) in [5.41, 5.74) is 2.07. The van der Waals surface area contributed by atoms with Crippen molar-refractivity contribution in [3.8, 4) is 16.3 Å². The minimum atomic E-state index is -4.05. The zero-order valence-electron chi connectivity index (χ0n) is 13.4. The standard InChI is InChI=1S/C17H12N2O4S3/c1-10-16(25-17(20)18-10)26(21,22)23-12-8-6-11(7-9-12)15-19-13-4-2-3-5-14(13)24-15/h2-9H,1H3,(H,18,20). The van der Waals surface area contributed by atoms with E-state index in [1.165, 1.54) is 6.92 Å². The summed E-state index contributed by atoms with van der Waals surface area (Å²) in [6.07, 6.45) is 0. The van der Waals surface area contributed by atoms with Gasteiger partial charge in [0.1, 0.15) is 10.8 Å². The lowest BCUT2D eigenvalue weighted by molar-refractivity contribution is 0.487. The molecule has 0 aliphatic heterocycles. The van der Waals surface area contributed by atoms with Crippen LogP contribution < -0.4 is 9.06 Å². The second-order valence-electron chi connectivity index (χ2n) is 5.48. The van der Waals surface area contributed by atoms with E-state index in [0.29, 0.717) is 11.3 Å². The largest absolute Gasteiger partial charge is 0.378 e. The van der Waals surface area contributed by atoms with Crippen LogP contribution in [0.3, 0.4) is 0 Å². The SMILES string of the molecule is Cc1[nH]c(=O)sc1S(=O)(=O)Oc1ccc(-c2nc3ccccc3s2)cc1. The lowest BCUT2D eigenvalue weighted by atomic mass is 10.2. The fourth-order valence-corrected chi connectivity index (χ4v) is 5.59. The summed E-state index contributed by atoms with van der Waals surface area (Å²) in [5, 5.41) is 0.848. The Morgan fingerprint density at radius 1 is 1.04 bits per heavy atom. The number of H-pyrrole nitrogens is 1. The third-order valence-corrected chi connectivity index (χ3v) is 7.51. The summed E-state index contributed by atoms with van der Waals surface area (Å²) in [5.74, 6) is 0.176. The molecule has 0 saturated carbocycles. The Morgan fingerprint density at radius 2 is 1.77 bits per heavy atom. The zero-order valence-corrected chi connectivity index (χ0v) is 15.9. The van der Waals surface area contributed by atoms with E-state index >= 15 is 0 Å². The Balaban J connectivity index is 1.61. The molecule has 0 atom stereocenters. The number of aromatic amines is 1. The monoisotopic (exact) mass is 404 g/mol. The van der Waals surface area contributed by atoms with Crippen LogP contribution in [0.2, 0.25) is 0 Å². The molecular weight excluding hydrogens is 392 g/mol. The first-order chi connectivity index (χ1) is 12.4. The van der Waals surface area contributed by atoms with E-state index in [-0.39, 0.29) is 15.7 Å². The third-order valence-electron chi connectivity index (χ3n) is 3.61. The Hall–Kier alpha value is -2.49. The molecule has 0 fully saturated rings. The van der Waals surface area contributed by atoms with E-state index in [2.05, 4.69) is 9.97 Å². The smallest absolute Gasteiger partial charge is 0.350 e. The Bertz CT molecular complexity index is 1220. The maximum Gasteiger partial charge on any atom is 0.350 e. The molecule has 0 radical (unpaired) electrons. The molecule has 0 spiro atoms. The quantitative estimate of drug-likeness (QED) is 0.523. The fourth-order valence-electron chi connectivity index (χ4n) is 2.44. The van der Waals surface area contributed by atoms with Crippen molar-refractivity contribution in [2.45, 2.75) is 11.1 Å². The van der Waals surface area contributed by atoms with Crippen molar-refractivity contribution in [1.82, 2.24) is 9.97 Å². The average molecular weight is 404 g/mol. The van der Waals surface area contributed by atoms with Crippen molar-refractivity contribution >= 4 is 43.0 Å². The molecule has 1 N–H and O–H groups in total. The molecular formula is C17H12N2O4S3. The molecule has 0 unspecified atom stereocenters. The second-order valence-corrected chi connectivity index (χ2v) is 9.23. The van der Waals surface area contributed by atoms with Gasteiger partial charge in [-0.25, -0.2) is 4.98 Å². The molecule has 132 valence electrons. The molecule has 0 amide bonds. The summed E-state index contributed by atoms with van der Waals surface area (Å²) >= 11 is 2.17. The first kappa shape index (κ1) is 17.0. The van der Waals surface area contributed by atoms with E-state index in [0.717, 1.165) is 20.8 Å². The molecule has 0 saturated heterocycles. The number of aromatic nitrogens is 2. The van der Waals surface area contributed by atoms with Crippen LogP contribution in [-0.4, -0.2) is 18.4 Å². The highest BCUT2D eigenvalue weighted by Crippen LogP contribution is 2.31. The molecule has 0 bridgehead atoms. The van der Waals surface area contributed by atoms with Crippen molar-refractivity contribution < 1.29 is 12.6 Å². The molecule has 2 aromatic heterocycles. The van der Waals surface area contributed by atoms with E-state index in [9.17, 15) is 13.2 Å². The van der Waals surface area contributed by atoms with Gasteiger partial charge in [0.25, 0.3) is 0 Å². The number of hydrogen-bond acceptors (Lipinski definition) is 7. The van der Waals surface area contributed by atoms with Crippen LogP contribution >= 0.6 is 22.7 Å². The Labute approximate surface area is 156 Å². The summed E-state index contributed by atoms with van der Waals surface area (Å²) in [7, 11) is -4.05. The normalized spacial score (nSPS) is 11.7. The molecule has 4 aromatic rings. The number of thiazole rings is 2. The maximum absolute atomic E-state index is 12.3. The van der Waals surface area contributed by atoms with Crippen molar-refractivity contribution in [1.29, 1.82) is 0 Å². The predicted molar refractivity (Wildman–Crippen MR) is 103 cm³/mol. The van der Waals surface area contributed by atoms with Crippen molar-refractivity contribution in [2.24, 2.45) is 0 Å². The molecule has 0 aliphatic carbocycles. The van der Waals surface area contributed by atoms with E-state index in [4.69, 9.17) is 4.18 Å². The van der Waals surface area contributed by atoms with Gasteiger partial charge < -0.3 is 9.17 Å². The first-order valence-corrected chi connectivity index (χ1v) is 10.6. The van der Waals surface area contributed by atoms with Crippen molar-refractivity contribution in [2.75, 3.05) is 0 Å². The molecule has 2 aromatic carbocycles. The number of fused-ring (bicyclic) bond motifs is 1. The van der Waals surface area contributed by atoms with Gasteiger partial charge in [-0.05, 0) is 43.3 Å². The fraction of sp³-hybridized carbons (Fsp3) is 0.0588. The minimum absolute atomic E-state index is 0.113. The second kappa shape index (κ2) is 6.35. The van der Waals surface area contributed by atoms with Gasteiger partial charge in [0.15, 0.2) is 4.21 Å². The van der Waals surface area contributed by atoms with Gasteiger partial charge in [-0.3, -0.25) is 4.79 Å². The predicted octanol–water partition coefficient (Wildman–Crippen LogP) is 3.79. The summed E-state index contributed by atoms with van der Waals surface area (Å²) < 4.78 is 30.8. The van der Waals surface area contributed by atoms with E-state index in [1.807, 2.05) is 24.3 Å². The van der Waals surface area contributed by atoms with Crippen LogP contribution in [0.15, 0.2) is 57.5 Å². The van der Waals surface area contributed by atoms with Gasteiger partial charge in [0.2, 0.25) is 0 Å². The van der Waals surface area contributed by atoms with Crippen LogP contribution in [-0.2, 0) is 10.1 Å². The average Bonchev–Trinajstić information content (AvgIpc) is 3.18. The molecule has 2 heterocycles. The van der Waals surface area contributed by atoms with Crippen LogP contribution in [0.5, 0.6) is 5.75 Å². The van der Waals surface area contributed by atoms with Crippen molar-refractivity contribution in [3.63, 3.8) is 0 Å². The summed E-state index contributed by atoms with van der Waals surface area (Å²) in [6, 6.07) is 14.5. The summed E-state index contributed by atoms with van der Waals surface area (Å²) in [4.78, 5) is 17.9. The number of benzene rings is 2. The highest BCUT2D eigenvalue weighted by atomic mass is 32.3. The van der Waals surface area contributed by atoms with Gasteiger partial charge in [-0.2, -0.15) is 8.42 Å². The molecule has 4 rings (SSSR count). The molecule has 26 heavy (non-hydrogen) atoms. The Morgan fingerprint density at radius 3 is 2.42 bits per heavy atom. The van der Waals surface area contributed by atoms with E-state index < -0.39 is 15.0 Å². The van der Waals surface area contributed by atoms with Gasteiger partial charge >= 0.3 is 15.0 Å². The molecule has 9 heteroatoms. The van der Waals surface area contributed by atoms with Crippen LogP contribution in [0, 0.1) is 6.92 Å². The van der Waals surface area contributed by atoms with Gasteiger partial charge in [-0.1, -0.05) is 23.5 Å². The van der Waals surface area contributed by atoms with Gasteiger partial charge in [0.05, 0.1) is 10.2 Å². The lowest BCUT2D eigenvalue weighted by Crippen LogP contribution is -2.09. The number of nitrogens with zero attached hydrogens (tertiary/aromatic N) is 1. The lowest BCUT2D eigenvalue weighted by Gasteiger charge is -2.06. The highest BCUT2D eigenvalue weighted by molar-refractivity contribution is 7.89. The van der Waals surface area contributed by atoms with E-state index in [1.54, 1.807) is 35.6 Å². The van der Waals surface area contributed by atoms with Crippen molar-refractivity contribution in [3.05, 3.63) is 63.9 Å². The summed E-state index contributed by atoms with van der Waals surface area (Å²) in [6.45, 7) is 1.52. The number of rotatable bonds is 4. The maximum atomic E-state index is 12.3. The number of hydrogen-bond donors (Lipinski definition) is 1. The van der Waals surface area contributed by atoms with Gasteiger partial charge in [0, 0.05) is 11.3 Å². The topological polar surface area (TPSA) is 89.1 Å².